The lowest BCUT2D eigenvalue weighted by Gasteiger charge is -2.11. The van der Waals surface area contributed by atoms with Gasteiger partial charge in [-0.1, -0.05) is 18.2 Å². The van der Waals surface area contributed by atoms with Crippen LogP contribution in [0, 0.1) is 17.0 Å². The lowest BCUT2D eigenvalue weighted by Crippen LogP contribution is -2.17. The van der Waals surface area contributed by atoms with Gasteiger partial charge in [-0.3, -0.25) is 14.9 Å². The average molecular weight is 486 g/mol. The highest BCUT2D eigenvalue weighted by atomic mass is 16.6. The van der Waals surface area contributed by atoms with Gasteiger partial charge in [0.25, 0.3) is 11.6 Å². The van der Waals surface area contributed by atoms with Crippen LogP contribution < -0.4 is 14.9 Å². The highest BCUT2D eigenvalue weighted by molar-refractivity contribution is 5.95. The molecule has 4 rings (SSSR count). The van der Waals surface area contributed by atoms with Crippen molar-refractivity contribution in [3.63, 3.8) is 0 Å². The van der Waals surface area contributed by atoms with Gasteiger partial charge in [0.2, 0.25) is 5.88 Å². The number of para-hydroxylation sites is 1. The second-order valence-corrected chi connectivity index (χ2v) is 7.56. The summed E-state index contributed by atoms with van der Waals surface area (Å²) >= 11 is 0. The van der Waals surface area contributed by atoms with Gasteiger partial charge in [-0.2, -0.15) is 14.9 Å². The number of ether oxygens (including phenoxy) is 2. The Labute approximate surface area is 206 Å². The lowest BCUT2D eigenvalue weighted by atomic mass is 10.2. The molecule has 1 amide bonds. The van der Waals surface area contributed by atoms with Crippen LogP contribution in [0.3, 0.4) is 0 Å². The molecule has 0 saturated carbocycles. The van der Waals surface area contributed by atoms with E-state index in [2.05, 4.69) is 15.6 Å². The van der Waals surface area contributed by atoms with Gasteiger partial charge in [-0.05, 0) is 62.4 Å². The summed E-state index contributed by atoms with van der Waals surface area (Å²) in [5.74, 6) is 1.20. The fourth-order valence-electron chi connectivity index (χ4n) is 3.35. The molecule has 0 saturated heterocycles. The Morgan fingerprint density at radius 1 is 1.06 bits per heavy atom. The van der Waals surface area contributed by atoms with Crippen molar-refractivity contribution in [2.45, 2.75) is 13.8 Å². The molecule has 0 aliphatic heterocycles. The molecule has 182 valence electrons. The molecule has 3 aromatic carbocycles. The number of carbonyl (C=O) groups excluding carboxylic acids is 1. The molecule has 1 aromatic heterocycles. The van der Waals surface area contributed by atoms with Gasteiger partial charge in [0.05, 0.1) is 34.7 Å². The van der Waals surface area contributed by atoms with Crippen molar-refractivity contribution < 1.29 is 19.2 Å². The van der Waals surface area contributed by atoms with Crippen LogP contribution in [0.15, 0.2) is 84.0 Å². The van der Waals surface area contributed by atoms with E-state index >= 15 is 0 Å². The molecule has 0 radical (unpaired) electrons. The number of non-ortho nitro benzene ring substituents is 1. The summed E-state index contributed by atoms with van der Waals surface area (Å²) in [6.07, 6.45) is 1.45. The molecule has 0 aliphatic carbocycles. The van der Waals surface area contributed by atoms with E-state index in [4.69, 9.17) is 9.47 Å². The van der Waals surface area contributed by atoms with Crippen molar-refractivity contribution in [2.24, 2.45) is 5.10 Å². The average Bonchev–Trinajstić information content (AvgIpc) is 3.20. The first kappa shape index (κ1) is 24.1. The van der Waals surface area contributed by atoms with E-state index in [1.165, 1.54) is 30.5 Å². The Balaban J connectivity index is 1.60. The summed E-state index contributed by atoms with van der Waals surface area (Å²) in [6, 6.07) is 21.9. The number of amides is 1. The zero-order valence-corrected chi connectivity index (χ0v) is 19.6. The molecule has 0 bridgehead atoms. The largest absolute Gasteiger partial charge is 0.494 e. The van der Waals surface area contributed by atoms with E-state index in [1.54, 1.807) is 16.8 Å². The Kier molecular flexibility index (Phi) is 7.35. The monoisotopic (exact) mass is 485 g/mol. The first-order chi connectivity index (χ1) is 17.5. The van der Waals surface area contributed by atoms with Gasteiger partial charge < -0.3 is 9.47 Å². The van der Waals surface area contributed by atoms with Crippen LogP contribution in [0.2, 0.25) is 0 Å². The van der Waals surface area contributed by atoms with Crippen LogP contribution in [-0.2, 0) is 0 Å². The number of aryl methyl sites for hydroxylation is 1. The predicted molar refractivity (Wildman–Crippen MR) is 134 cm³/mol. The molecular formula is C26H23N5O5. The summed E-state index contributed by atoms with van der Waals surface area (Å²) < 4.78 is 13.4. The van der Waals surface area contributed by atoms with Crippen LogP contribution in [-0.4, -0.2) is 33.4 Å². The lowest BCUT2D eigenvalue weighted by molar-refractivity contribution is -0.384. The van der Waals surface area contributed by atoms with Gasteiger partial charge in [0.1, 0.15) is 11.5 Å². The number of nitrogens with one attached hydrogen (secondary N) is 1. The Morgan fingerprint density at radius 2 is 1.72 bits per heavy atom. The molecule has 36 heavy (non-hydrogen) atoms. The number of nitrogens with zero attached hydrogens (tertiary/aromatic N) is 4. The summed E-state index contributed by atoms with van der Waals surface area (Å²) in [4.78, 5) is 22.7. The van der Waals surface area contributed by atoms with E-state index in [0.717, 1.165) is 11.4 Å². The molecule has 0 spiro atoms. The molecule has 0 unspecified atom stereocenters. The second-order valence-electron chi connectivity index (χ2n) is 7.56. The van der Waals surface area contributed by atoms with E-state index in [-0.39, 0.29) is 11.3 Å². The van der Waals surface area contributed by atoms with Crippen molar-refractivity contribution in [1.82, 2.24) is 15.2 Å². The van der Waals surface area contributed by atoms with Crippen molar-refractivity contribution >= 4 is 17.8 Å². The summed E-state index contributed by atoms with van der Waals surface area (Å²) in [6.45, 7) is 4.29. The first-order valence-electron chi connectivity index (χ1n) is 11.1. The van der Waals surface area contributed by atoms with Crippen LogP contribution in [0.5, 0.6) is 17.4 Å². The normalized spacial score (nSPS) is 10.8. The van der Waals surface area contributed by atoms with Crippen LogP contribution in [0.1, 0.15) is 28.5 Å². The van der Waals surface area contributed by atoms with Crippen molar-refractivity contribution in [2.75, 3.05) is 6.61 Å². The predicted octanol–water partition coefficient (Wildman–Crippen LogP) is 5.04. The minimum atomic E-state index is -0.529. The van der Waals surface area contributed by atoms with Gasteiger partial charge in [-0.25, -0.2) is 5.43 Å². The molecule has 10 nitrogen and oxygen atoms in total. The fourth-order valence-corrected chi connectivity index (χ4v) is 3.35. The molecular weight excluding hydrogens is 462 g/mol. The molecule has 0 atom stereocenters. The van der Waals surface area contributed by atoms with E-state index < -0.39 is 10.8 Å². The van der Waals surface area contributed by atoms with Gasteiger partial charge in [0, 0.05) is 17.7 Å². The maximum atomic E-state index is 12.4. The molecule has 0 fully saturated rings. The Hall–Kier alpha value is -4.99. The second kappa shape index (κ2) is 11.0. The SMILES string of the molecule is CCOc1ccc(Oc2c(C=NNC(=O)c3ccc([N+](=O)[O-])cc3)c(C)nn2-c2ccccc2)cc1. The minimum absolute atomic E-state index is 0.102. The minimum Gasteiger partial charge on any atom is -0.494 e. The van der Waals surface area contributed by atoms with Crippen LogP contribution in [0.25, 0.3) is 5.69 Å². The zero-order valence-electron chi connectivity index (χ0n) is 19.6. The standard InChI is InChI=1S/C26H23N5O5/c1-3-35-22-13-15-23(16-14-22)36-26-24(18(2)29-30(26)20-7-5-4-6-8-20)17-27-28-25(32)19-9-11-21(12-10-19)31(33)34/h4-17H,3H2,1-2H3,(H,28,32). The summed E-state index contributed by atoms with van der Waals surface area (Å²) in [7, 11) is 0. The fraction of sp³-hybridized carbons (Fsp3) is 0.115. The number of aromatic nitrogens is 2. The van der Waals surface area contributed by atoms with Gasteiger partial charge >= 0.3 is 0 Å². The number of hydrazone groups is 1. The molecule has 1 heterocycles. The maximum Gasteiger partial charge on any atom is 0.271 e. The highest BCUT2D eigenvalue weighted by Gasteiger charge is 2.18. The zero-order chi connectivity index (χ0) is 25.5. The topological polar surface area (TPSA) is 121 Å². The summed E-state index contributed by atoms with van der Waals surface area (Å²) in [5.41, 5.74) is 4.56. The van der Waals surface area contributed by atoms with Gasteiger partial charge in [0.15, 0.2) is 0 Å². The van der Waals surface area contributed by atoms with E-state index in [0.29, 0.717) is 29.5 Å². The third kappa shape index (κ3) is 5.55. The first-order valence-corrected chi connectivity index (χ1v) is 11.1. The quantitative estimate of drug-likeness (QED) is 0.201. The third-order valence-corrected chi connectivity index (χ3v) is 5.11. The van der Waals surface area contributed by atoms with Crippen molar-refractivity contribution in [3.05, 3.63) is 106 Å². The number of hydrogen-bond donors (Lipinski definition) is 1. The van der Waals surface area contributed by atoms with Gasteiger partial charge in [-0.15, -0.1) is 0 Å². The third-order valence-electron chi connectivity index (χ3n) is 5.11. The number of hydrogen-bond acceptors (Lipinski definition) is 7. The van der Waals surface area contributed by atoms with Crippen LogP contribution in [0.4, 0.5) is 5.69 Å². The smallest absolute Gasteiger partial charge is 0.271 e. The van der Waals surface area contributed by atoms with Crippen LogP contribution >= 0.6 is 0 Å². The maximum absolute atomic E-state index is 12.4. The van der Waals surface area contributed by atoms with E-state index in [1.807, 2.05) is 56.3 Å². The van der Waals surface area contributed by atoms with Crippen molar-refractivity contribution in [3.8, 4) is 23.1 Å². The highest BCUT2D eigenvalue weighted by Crippen LogP contribution is 2.30. The Bertz CT molecular complexity index is 1380. The molecule has 4 aromatic rings. The number of nitro groups is 1. The number of rotatable bonds is 9. The molecule has 1 N–H and O–H groups in total. The molecule has 10 heteroatoms. The Morgan fingerprint density at radius 3 is 2.36 bits per heavy atom. The van der Waals surface area contributed by atoms with Crippen molar-refractivity contribution in [1.29, 1.82) is 0 Å². The number of carbonyl (C=O) groups is 1. The number of benzene rings is 3. The van der Waals surface area contributed by atoms with E-state index in [9.17, 15) is 14.9 Å². The molecule has 0 aliphatic rings. The summed E-state index contributed by atoms with van der Waals surface area (Å²) in [5, 5.41) is 19.5. The number of nitro benzene ring substituents is 1.